The smallest absolute Gasteiger partial charge is 0.308 e. The lowest BCUT2D eigenvalue weighted by molar-refractivity contribution is -0.153. The Balaban J connectivity index is 1.31. The lowest BCUT2D eigenvalue weighted by Gasteiger charge is -2.13. The maximum absolute atomic E-state index is 12.9. The molecule has 0 saturated carbocycles. The van der Waals surface area contributed by atoms with E-state index in [-0.39, 0.29) is 24.3 Å². The highest BCUT2D eigenvalue weighted by atomic mass is 16.5. The average molecular weight is 491 g/mol. The van der Waals surface area contributed by atoms with E-state index in [4.69, 9.17) is 4.74 Å². The molecule has 0 aliphatic carbocycles. The molecule has 36 heavy (non-hydrogen) atoms. The lowest BCUT2D eigenvalue weighted by Crippen LogP contribution is -2.33. The lowest BCUT2D eigenvalue weighted by atomic mass is 10.2. The van der Waals surface area contributed by atoms with Crippen molar-refractivity contribution in [3.63, 3.8) is 0 Å². The van der Waals surface area contributed by atoms with Crippen LogP contribution in [0.3, 0.4) is 0 Å². The highest BCUT2D eigenvalue weighted by Crippen LogP contribution is 2.16. The van der Waals surface area contributed by atoms with Crippen LogP contribution in [0.5, 0.6) is 0 Å². The summed E-state index contributed by atoms with van der Waals surface area (Å²) in [4.78, 5) is 50.2. The van der Waals surface area contributed by atoms with E-state index in [2.05, 4.69) is 20.8 Å². The number of benzene rings is 2. The Labute approximate surface area is 206 Å². The minimum absolute atomic E-state index is 0.00672. The standard InChI is InChI=1S/C25H26N6O5/c1-15-21(25(35)31(30(15)3)17-9-5-4-6-10-17)27-23(33)16(2)36-20(32)13-14-26-24(34)22-18-11-7-8-12-19(18)28-29-22/h4-12,16H,13-14H2,1-3H3,(H,26,34)(H,27,33)(H,28,29). The van der Waals surface area contributed by atoms with Gasteiger partial charge in [-0.25, -0.2) is 4.68 Å². The van der Waals surface area contributed by atoms with Gasteiger partial charge in [-0.05, 0) is 32.0 Å². The van der Waals surface area contributed by atoms with Crippen molar-refractivity contribution < 1.29 is 19.1 Å². The van der Waals surface area contributed by atoms with Crippen molar-refractivity contribution in [2.45, 2.75) is 26.4 Å². The number of fused-ring (bicyclic) bond motifs is 1. The molecule has 11 nitrogen and oxygen atoms in total. The summed E-state index contributed by atoms with van der Waals surface area (Å²) in [5, 5.41) is 12.7. The third-order valence-electron chi connectivity index (χ3n) is 5.78. The number of aromatic amines is 1. The molecule has 2 heterocycles. The fraction of sp³-hybridized carbons (Fsp3) is 0.240. The van der Waals surface area contributed by atoms with Gasteiger partial charge in [0.1, 0.15) is 5.69 Å². The summed E-state index contributed by atoms with van der Waals surface area (Å²) in [6.07, 6.45) is -1.29. The number of carbonyl (C=O) groups is 3. The van der Waals surface area contributed by atoms with Gasteiger partial charge >= 0.3 is 5.97 Å². The Morgan fingerprint density at radius 3 is 2.53 bits per heavy atom. The number of para-hydroxylation sites is 2. The third kappa shape index (κ3) is 4.90. The third-order valence-corrected chi connectivity index (χ3v) is 5.78. The molecule has 0 spiro atoms. The SMILES string of the molecule is Cc1c(NC(=O)C(C)OC(=O)CCNC(=O)c2n[nH]c3ccccc23)c(=O)n(-c2ccccc2)n1C. The number of carbonyl (C=O) groups excluding carboxylic acids is 3. The van der Waals surface area contributed by atoms with Crippen LogP contribution in [0.25, 0.3) is 16.6 Å². The predicted octanol–water partition coefficient (Wildman–Crippen LogP) is 2.05. The highest BCUT2D eigenvalue weighted by molar-refractivity contribution is 6.04. The van der Waals surface area contributed by atoms with E-state index in [1.54, 1.807) is 49.0 Å². The van der Waals surface area contributed by atoms with Crippen molar-refractivity contribution in [3.05, 3.63) is 76.3 Å². The summed E-state index contributed by atoms with van der Waals surface area (Å²) in [7, 11) is 1.71. The Bertz CT molecular complexity index is 1480. The van der Waals surface area contributed by atoms with Crippen LogP contribution < -0.4 is 16.2 Å². The Morgan fingerprint density at radius 2 is 1.78 bits per heavy atom. The van der Waals surface area contributed by atoms with E-state index < -0.39 is 29.4 Å². The normalized spacial score (nSPS) is 11.8. The zero-order valence-electron chi connectivity index (χ0n) is 20.1. The minimum Gasteiger partial charge on any atom is -0.452 e. The number of amides is 2. The Kier molecular flexibility index (Phi) is 7.00. The van der Waals surface area contributed by atoms with Gasteiger partial charge in [0.05, 0.1) is 23.3 Å². The van der Waals surface area contributed by atoms with Crippen LogP contribution >= 0.6 is 0 Å². The van der Waals surface area contributed by atoms with Crippen LogP contribution in [0.15, 0.2) is 59.4 Å². The predicted molar refractivity (Wildman–Crippen MR) is 133 cm³/mol. The fourth-order valence-corrected chi connectivity index (χ4v) is 3.75. The van der Waals surface area contributed by atoms with E-state index in [0.29, 0.717) is 16.8 Å². The van der Waals surface area contributed by atoms with Gasteiger partial charge in [-0.1, -0.05) is 36.4 Å². The molecule has 0 aliphatic heterocycles. The number of rotatable bonds is 8. The van der Waals surface area contributed by atoms with Crippen LogP contribution in [-0.2, 0) is 21.4 Å². The molecule has 0 bridgehead atoms. The van der Waals surface area contributed by atoms with Gasteiger partial charge in [-0.3, -0.25) is 29.0 Å². The van der Waals surface area contributed by atoms with Crippen molar-refractivity contribution in [1.82, 2.24) is 24.9 Å². The summed E-state index contributed by atoms with van der Waals surface area (Å²) in [6, 6.07) is 16.2. The van der Waals surface area contributed by atoms with Gasteiger partial charge in [0.25, 0.3) is 17.4 Å². The molecule has 3 N–H and O–H groups in total. The molecule has 11 heteroatoms. The number of nitrogens with zero attached hydrogens (tertiary/aromatic N) is 3. The summed E-state index contributed by atoms with van der Waals surface area (Å²) < 4.78 is 8.26. The molecule has 0 fully saturated rings. The van der Waals surface area contributed by atoms with E-state index in [9.17, 15) is 19.2 Å². The molecular weight excluding hydrogens is 464 g/mol. The van der Waals surface area contributed by atoms with Gasteiger partial charge in [0, 0.05) is 19.0 Å². The van der Waals surface area contributed by atoms with Crippen molar-refractivity contribution in [3.8, 4) is 5.69 Å². The van der Waals surface area contributed by atoms with Crippen LogP contribution in [0, 0.1) is 6.92 Å². The fourth-order valence-electron chi connectivity index (χ4n) is 3.75. The Morgan fingerprint density at radius 1 is 1.08 bits per heavy atom. The molecule has 1 unspecified atom stereocenters. The zero-order chi connectivity index (χ0) is 25.8. The van der Waals surface area contributed by atoms with Crippen LogP contribution in [-0.4, -0.2) is 50.0 Å². The minimum atomic E-state index is -1.15. The van der Waals surface area contributed by atoms with Crippen LogP contribution in [0.4, 0.5) is 5.69 Å². The second kappa shape index (κ2) is 10.3. The molecule has 0 aliphatic rings. The summed E-state index contributed by atoms with van der Waals surface area (Å²) in [5.41, 5.74) is 1.86. The maximum Gasteiger partial charge on any atom is 0.308 e. The number of H-pyrrole nitrogens is 1. The molecule has 0 radical (unpaired) electrons. The van der Waals surface area contributed by atoms with Gasteiger partial charge in [0.15, 0.2) is 11.8 Å². The van der Waals surface area contributed by atoms with Gasteiger partial charge in [-0.2, -0.15) is 5.10 Å². The van der Waals surface area contributed by atoms with E-state index in [0.717, 1.165) is 5.52 Å². The second-order valence-corrected chi connectivity index (χ2v) is 8.18. The molecular formula is C25H26N6O5. The first-order valence-corrected chi connectivity index (χ1v) is 11.3. The molecule has 2 aromatic heterocycles. The quantitative estimate of drug-likeness (QED) is 0.323. The maximum atomic E-state index is 12.9. The summed E-state index contributed by atoms with van der Waals surface area (Å²) in [5.74, 6) is -1.74. The van der Waals surface area contributed by atoms with Crippen molar-refractivity contribution in [2.24, 2.45) is 7.05 Å². The highest BCUT2D eigenvalue weighted by Gasteiger charge is 2.23. The topological polar surface area (TPSA) is 140 Å². The second-order valence-electron chi connectivity index (χ2n) is 8.18. The monoisotopic (exact) mass is 490 g/mol. The van der Waals surface area contributed by atoms with E-state index in [1.165, 1.54) is 11.6 Å². The first-order valence-electron chi connectivity index (χ1n) is 11.3. The molecule has 4 rings (SSSR count). The molecule has 0 saturated heterocycles. The Hall–Kier alpha value is -4.67. The van der Waals surface area contributed by atoms with Crippen molar-refractivity contribution in [2.75, 3.05) is 11.9 Å². The molecule has 186 valence electrons. The number of aromatic nitrogens is 4. The number of hydrogen-bond acceptors (Lipinski definition) is 6. The van der Waals surface area contributed by atoms with E-state index in [1.807, 2.05) is 24.3 Å². The first-order chi connectivity index (χ1) is 17.3. The number of esters is 1. The molecule has 4 aromatic rings. The van der Waals surface area contributed by atoms with Crippen molar-refractivity contribution in [1.29, 1.82) is 0 Å². The van der Waals surface area contributed by atoms with Crippen LogP contribution in [0.1, 0.15) is 29.5 Å². The van der Waals surface area contributed by atoms with Crippen molar-refractivity contribution >= 4 is 34.4 Å². The number of nitrogens with one attached hydrogen (secondary N) is 3. The number of ether oxygens (including phenoxy) is 1. The zero-order valence-corrected chi connectivity index (χ0v) is 20.1. The molecule has 2 aromatic carbocycles. The average Bonchev–Trinajstić information content (AvgIpc) is 3.39. The summed E-state index contributed by atoms with van der Waals surface area (Å²) >= 11 is 0. The summed E-state index contributed by atoms with van der Waals surface area (Å²) in [6.45, 7) is 3.13. The number of anilines is 1. The van der Waals surface area contributed by atoms with Crippen LogP contribution in [0.2, 0.25) is 0 Å². The van der Waals surface area contributed by atoms with Gasteiger partial charge in [-0.15, -0.1) is 0 Å². The molecule has 1 atom stereocenters. The van der Waals surface area contributed by atoms with Gasteiger partial charge < -0.3 is 15.4 Å². The number of hydrogen-bond donors (Lipinski definition) is 3. The van der Waals surface area contributed by atoms with Gasteiger partial charge in [0.2, 0.25) is 0 Å². The largest absolute Gasteiger partial charge is 0.452 e. The first kappa shape index (κ1) is 24.5. The van der Waals surface area contributed by atoms with E-state index >= 15 is 0 Å². The molecule has 2 amide bonds.